The van der Waals surface area contributed by atoms with Crippen LogP contribution in [0.3, 0.4) is 0 Å². The molecule has 1 aromatic heterocycles. The van der Waals surface area contributed by atoms with E-state index in [9.17, 15) is 8.42 Å². The summed E-state index contributed by atoms with van der Waals surface area (Å²) in [5.74, 6) is 0.230. The number of pyridine rings is 1. The van der Waals surface area contributed by atoms with Crippen LogP contribution in [0, 0.1) is 0 Å². The predicted octanol–water partition coefficient (Wildman–Crippen LogP) is 4.28. The SMILES string of the molecule is O=S(=O)(Nc1ccc(Nc2ccccc2)cn1)c1cccc(Cl)c1. The molecule has 0 saturated carbocycles. The summed E-state index contributed by atoms with van der Waals surface area (Å²) in [6.07, 6.45) is 1.56. The maximum Gasteiger partial charge on any atom is 0.263 e. The van der Waals surface area contributed by atoms with Gasteiger partial charge < -0.3 is 5.32 Å². The van der Waals surface area contributed by atoms with Gasteiger partial charge in [0.25, 0.3) is 10.0 Å². The highest BCUT2D eigenvalue weighted by molar-refractivity contribution is 7.92. The number of nitrogens with one attached hydrogen (secondary N) is 2. The molecule has 122 valence electrons. The number of anilines is 3. The minimum atomic E-state index is -3.72. The van der Waals surface area contributed by atoms with Crippen LogP contribution >= 0.6 is 11.6 Å². The van der Waals surface area contributed by atoms with Crippen LogP contribution in [0.15, 0.2) is 77.8 Å². The molecule has 3 aromatic rings. The average Bonchev–Trinajstić information content (AvgIpc) is 2.57. The van der Waals surface area contributed by atoms with Crippen LogP contribution in [0.25, 0.3) is 0 Å². The highest BCUT2D eigenvalue weighted by Crippen LogP contribution is 2.20. The van der Waals surface area contributed by atoms with Crippen molar-refractivity contribution in [3.05, 3.63) is 77.9 Å². The molecular formula is C17H14ClN3O2S. The normalized spacial score (nSPS) is 11.0. The van der Waals surface area contributed by atoms with E-state index < -0.39 is 10.0 Å². The van der Waals surface area contributed by atoms with E-state index in [-0.39, 0.29) is 10.7 Å². The van der Waals surface area contributed by atoms with Gasteiger partial charge in [0.15, 0.2) is 0 Å². The zero-order chi connectivity index (χ0) is 17.0. The molecule has 0 aliphatic carbocycles. The molecule has 0 aliphatic heterocycles. The quantitative estimate of drug-likeness (QED) is 0.713. The number of nitrogens with zero attached hydrogens (tertiary/aromatic N) is 1. The van der Waals surface area contributed by atoms with Gasteiger partial charge in [0.05, 0.1) is 16.8 Å². The Morgan fingerprint density at radius 2 is 1.67 bits per heavy atom. The van der Waals surface area contributed by atoms with Gasteiger partial charge >= 0.3 is 0 Å². The lowest BCUT2D eigenvalue weighted by Crippen LogP contribution is -2.13. The fraction of sp³-hybridized carbons (Fsp3) is 0. The molecule has 2 aromatic carbocycles. The lowest BCUT2D eigenvalue weighted by molar-refractivity contribution is 0.601. The van der Waals surface area contributed by atoms with E-state index in [0.29, 0.717) is 5.02 Å². The molecule has 0 aliphatic rings. The van der Waals surface area contributed by atoms with Crippen molar-refractivity contribution < 1.29 is 8.42 Å². The van der Waals surface area contributed by atoms with Gasteiger partial charge in [-0.3, -0.25) is 4.72 Å². The zero-order valence-electron chi connectivity index (χ0n) is 12.5. The molecule has 3 rings (SSSR count). The lowest BCUT2D eigenvalue weighted by Gasteiger charge is -2.09. The molecule has 0 spiro atoms. The molecule has 5 nitrogen and oxygen atoms in total. The molecule has 0 fully saturated rings. The summed E-state index contributed by atoms with van der Waals surface area (Å²) >= 11 is 5.84. The molecule has 0 saturated heterocycles. The molecule has 0 radical (unpaired) electrons. The van der Waals surface area contributed by atoms with Crippen LogP contribution in [0.4, 0.5) is 17.2 Å². The van der Waals surface area contributed by atoms with E-state index in [1.165, 1.54) is 12.1 Å². The molecule has 24 heavy (non-hydrogen) atoms. The van der Waals surface area contributed by atoms with E-state index >= 15 is 0 Å². The van der Waals surface area contributed by atoms with Crippen molar-refractivity contribution in [2.75, 3.05) is 10.0 Å². The third-order valence-corrected chi connectivity index (χ3v) is 4.76. The van der Waals surface area contributed by atoms with E-state index in [1.54, 1.807) is 30.5 Å². The summed E-state index contributed by atoms with van der Waals surface area (Å²) in [6, 6.07) is 19.0. The first-order valence-corrected chi connectivity index (χ1v) is 8.95. The molecule has 2 N–H and O–H groups in total. The molecule has 0 unspecified atom stereocenters. The first-order valence-electron chi connectivity index (χ1n) is 7.09. The second-order valence-corrected chi connectivity index (χ2v) is 7.10. The van der Waals surface area contributed by atoms with Crippen molar-refractivity contribution in [2.45, 2.75) is 4.90 Å². The highest BCUT2D eigenvalue weighted by Gasteiger charge is 2.15. The maximum absolute atomic E-state index is 12.3. The van der Waals surface area contributed by atoms with Crippen LogP contribution in [0.5, 0.6) is 0 Å². The zero-order valence-corrected chi connectivity index (χ0v) is 14.1. The van der Waals surface area contributed by atoms with E-state index in [4.69, 9.17) is 11.6 Å². The van der Waals surface area contributed by atoms with Gasteiger partial charge in [-0.05, 0) is 42.5 Å². The fourth-order valence-electron chi connectivity index (χ4n) is 2.05. The first-order chi connectivity index (χ1) is 11.5. The van der Waals surface area contributed by atoms with E-state index in [2.05, 4.69) is 15.0 Å². The van der Waals surface area contributed by atoms with Gasteiger partial charge in [-0.1, -0.05) is 35.9 Å². The van der Waals surface area contributed by atoms with E-state index in [1.807, 2.05) is 30.3 Å². The van der Waals surface area contributed by atoms with Crippen LogP contribution < -0.4 is 10.0 Å². The Bertz CT molecular complexity index is 930. The largest absolute Gasteiger partial charge is 0.354 e. The number of hydrogen-bond donors (Lipinski definition) is 2. The lowest BCUT2D eigenvalue weighted by atomic mass is 10.3. The van der Waals surface area contributed by atoms with Crippen molar-refractivity contribution in [3.8, 4) is 0 Å². The van der Waals surface area contributed by atoms with Gasteiger partial charge in [-0.15, -0.1) is 0 Å². The number of rotatable bonds is 5. The number of aromatic nitrogens is 1. The predicted molar refractivity (Wildman–Crippen MR) is 96.2 cm³/mol. The van der Waals surface area contributed by atoms with Gasteiger partial charge in [0.2, 0.25) is 0 Å². The summed E-state index contributed by atoms with van der Waals surface area (Å²) in [6.45, 7) is 0. The summed E-state index contributed by atoms with van der Waals surface area (Å²) in [7, 11) is -3.72. The molecule has 1 heterocycles. The minimum Gasteiger partial charge on any atom is -0.354 e. The second kappa shape index (κ2) is 6.90. The smallest absolute Gasteiger partial charge is 0.263 e. The van der Waals surface area contributed by atoms with Crippen LogP contribution in [0.2, 0.25) is 5.02 Å². The average molecular weight is 360 g/mol. The molecule has 0 bridgehead atoms. The number of halogens is 1. The summed E-state index contributed by atoms with van der Waals surface area (Å²) < 4.78 is 27.0. The Labute approximate surface area is 145 Å². The van der Waals surface area contributed by atoms with Crippen molar-refractivity contribution in [1.82, 2.24) is 4.98 Å². The van der Waals surface area contributed by atoms with E-state index in [0.717, 1.165) is 11.4 Å². The van der Waals surface area contributed by atoms with Gasteiger partial charge in [-0.2, -0.15) is 0 Å². The Balaban J connectivity index is 1.74. The monoisotopic (exact) mass is 359 g/mol. The Morgan fingerprint density at radius 3 is 2.33 bits per heavy atom. The number of para-hydroxylation sites is 1. The highest BCUT2D eigenvalue weighted by atomic mass is 35.5. The third kappa shape index (κ3) is 4.04. The van der Waals surface area contributed by atoms with Gasteiger partial charge in [-0.25, -0.2) is 13.4 Å². The minimum absolute atomic E-state index is 0.0864. The molecule has 0 amide bonds. The fourth-order valence-corrected chi connectivity index (χ4v) is 3.36. The van der Waals surface area contributed by atoms with Crippen LogP contribution in [-0.2, 0) is 10.0 Å². The molecule has 7 heteroatoms. The second-order valence-electron chi connectivity index (χ2n) is 4.99. The number of hydrogen-bond acceptors (Lipinski definition) is 4. The Kier molecular flexibility index (Phi) is 4.69. The van der Waals surface area contributed by atoms with Crippen LogP contribution in [0.1, 0.15) is 0 Å². The topological polar surface area (TPSA) is 71.1 Å². The standard InChI is InChI=1S/C17H14ClN3O2S/c18-13-5-4-8-16(11-13)24(22,23)21-17-10-9-15(12-19-17)20-14-6-2-1-3-7-14/h1-12,20H,(H,19,21). The first kappa shape index (κ1) is 16.3. The Hall–Kier alpha value is -2.57. The van der Waals surface area contributed by atoms with Crippen molar-refractivity contribution in [1.29, 1.82) is 0 Å². The Morgan fingerprint density at radius 1 is 0.875 bits per heavy atom. The summed E-state index contributed by atoms with van der Waals surface area (Å²) in [5.41, 5.74) is 1.68. The van der Waals surface area contributed by atoms with Crippen molar-refractivity contribution >= 4 is 38.8 Å². The van der Waals surface area contributed by atoms with Crippen molar-refractivity contribution in [2.24, 2.45) is 0 Å². The molecule has 0 atom stereocenters. The summed E-state index contributed by atoms with van der Waals surface area (Å²) in [5, 5.41) is 3.53. The molecular weight excluding hydrogens is 346 g/mol. The van der Waals surface area contributed by atoms with Crippen molar-refractivity contribution in [3.63, 3.8) is 0 Å². The van der Waals surface area contributed by atoms with Gasteiger partial charge in [0.1, 0.15) is 5.82 Å². The number of benzene rings is 2. The maximum atomic E-state index is 12.3. The van der Waals surface area contributed by atoms with Gasteiger partial charge in [0, 0.05) is 10.7 Å². The summed E-state index contributed by atoms with van der Waals surface area (Å²) in [4.78, 5) is 4.21. The third-order valence-electron chi connectivity index (χ3n) is 3.17. The van der Waals surface area contributed by atoms with Crippen LogP contribution in [-0.4, -0.2) is 13.4 Å². The number of sulfonamides is 1.